The smallest absolute Gasteiger partial charge is 0.124 e. The van der Waals surface area contributed by atoms with Crippen LogP contribution in [0.4, 0.5) is 0 Å². The quantitative estimate of drug-likeness (QED) is 0.801. The Balaban J connectivity index is 3.03. The molecule has 0 fully saturated rings. The molecular formula is C12H19NO. The van der Waals surface area contributed by atoms with E-state index in [2.05, 4.69) is 13.0 Å². The summed E-state index contributed by atoms with van der Waals surface area (Å²) in [6.07, 6.45) is 0.189. The van der Waals surface area contributed by atoms with Crippen molar-refractivity contribution in [2.45, 2.75) is 39.8 Å². The van der Waals surface area contributed by atoms with Gasteiger partial charge in [0.1, 0.15) is 5.75 Å². The molecule has 1 atom stereocenters. The van der Waals surface area contributed by atoms with E-state index in [-0.39, 0.29) is 12.1 Å². The summed E-state index contributed by atoms with van der Waals surface area (Å²) >= 11 is 0. The van der Waals surface area contributed by atoms with Crippen LogP contribution < -0.4 is 10.5 Å². The van der Waals surface area contributed by atoms with Crippen LogP contribution in [-0.4, -0.2) is 6.10 Å². The van der Waals surface area contributed by atoms with Crippen LogP contribution in [0.25, 0.3) is 0 Å². The van der Waals surface area contributed by atoms with Crippen molar-refractivity contribution in [1.29, 1.82) is 0 Å². The van der Waals surface area contributed by atoms with E-state index in [1.165, 1.54) is 5.56 Å². The molecule has 0 heterocycles. The first-order valence-electron chi connectivity index (χ1n) is 5.03. The van der Waals surface area contributed by atoms with Crippen LogP contribution >= 0.6 is 0 Å². The highest BCUT2D eigenvalue weighted by atomic mass is 16.5. The fraction of sp³-hybridized carbons (Fsp3) is 0.500. The Labute approximate surface area is 86.1 Å². The topological polar surface area (TPSA) is 35.2 Å². The maximum Gasteiger partial charge on any atom is 0.124 e. The van der Waals surface area contributed by atoms with E-state index in [1.807, 2.05) is 32.9 Å². The number of nitrogens with two attached hydrogens (primary N) is 1. The number of benzene rings is 1. The minimum atomic E-state index is 0.0179. The predicted octanol–water partition coefficient (Wildman–Crippen LogP) is 2.80. The minimum absolute atomic E-state index is 0.0179. The Morgan fingerprint density at radius 3 is 2.36 bits per heavy atom. The highest BCUT2D eigenvalue weighted by Gasteiger charge is 2.09. The van der Waals surface area contributed by atoms with E-state index in [4.69, 9.17) is 10.5 Å². The van der Waals surface area contributed by atoms with Crippen LogP contribution in [0.3, 0.4) is 0 Å². The molecule has 14 heavy (non-hydrogen) atoms. The maximum atomic E-state index is 5.86. The summed E-state index contributed by atoms with van der Waals surface area (Å²) in [4.78, 5) is 0. The Kier molecular flexibility index (Phi) is 3.53. The van der Waals surface area contributed by atoms with Crippen LogP contribution in [0, 0.1) is 6.92 Å². The summed E-state index contributed by atoms with van der Waals surface area (Å²) in [6.45, 7) is 8.07. The Morgan fingerprint density at radius 1 is 1.21 bits per heavy atom. The zero-order chi connectivity index (χ0) is 10.7. The van der Waals surface area contributed by atoms with Gasteiger partial charge in [-0.05, 0) is 39.3 Å². The molecule has 2 N–H and O–H groups in total. The van der Waals surface area contributed by atoms with E-state index in [0.717, 1.165) is 11.3 Å². The second-order valence-electron chi connectivity index (χ2n) is 4.00. The Morgan fingerprint density at radius 2 is 1.86 bits per heavy atom. The van der Waals surface area contributed by atoms with Crippen LogP contribution in [-0.2, 0) is 0 Å². The summed E-state index contributed by atoms with van der Waals surface area (Å²) in [7, 11) is 0. The van der Waals surface area contributed by atoms with Gasteiger partial charge < -0.3 is 10.5 Å². The molecule has 0 amide bonds. The molecular weight excluding hydrogens is 174 g/mol. The molecule has 0 saturated heterocycles. The van der Waals surface area contributed by atoms with E-state index >= 15 is 0 Å². The van der Waals surface area contributed by atoms with Crippen LogP contribution in [0.1, 0.15) is 37.9 Å². The number of hydrogen-bond acceptors (Lipinski definition) is 2. The normalized spacial score (nSPS) is 13.0. The third-order valence-electron chi connectivity index (χ3n) is 2.02. The molecule has 0 aliphatic heterocycles. The summed E-state index contributed by atoms with van der Waals surface area (Å²) in [5, 5.41) is 0. The lowest BCUT2D eigenvalue weighted by Gasteiger charge is -2.16. The number of aryl methyl sites for hydroxylation is 1. The van der Waals surface area contributed by atoms with Gasteiger partial charge in [-0.25, -0.2) is 0 Å². The number of ether oxygens (including phenoxy) is 1. The van der Waals surface area contributed by atoms with Crippen LogP contribution in [0.2, 0.25) is 0 Å². The van der Waals surface area contributed by atoms with E-state index in [1.54, 1.807) is 0 Å². The maximum absolute atomic E-state index is 5.86. The van der Waals surface area contributed by atoms with Gasteiger partial charge in [-0.3, -0.25) is 0 Å². The summed E-state index contributed by atoms with van der Waals surface area (Å²) in [6, 6.07) is 6.16. The zero-order valence-corrected chi connectivity index (χ0v) is 9.37. The molecule has 1 aromatic carbocycles. The Hall–Kier alpha value is -1.02. The molecule has 0 aliphatic rings. The lowest BCUT2D eigenvalue weighted by atomic mass is 10.1. The molecule has 0 unspecified atom stereocenters. The van der Waals surface area contributed by atoms with Gasteiger partial charge in [0.2, 0.25) is 0 Å². The van der Waals surface area contributed by atoms with Gasteiger partial charge in [-0.2, -0.15) is 0 Å². The monoisotopic (exact) mass is 193 g/mol. The second kappa shape index (κ2) is 4.47. The lowest BCUT2D eigenvalue weighted by molar-refractivity contribution is 0.239. The zero-order valence-electron chi connectivity index (χ0n) is 9.37. The SMILES string of the molecule is Cc1ccc([C@H](C)N)c(OC(C)C)c1. The van der Waals surface area contributed by atoms with E-state index in [0.29, 0.717) is 0 Å². The van der Waals surface area contributed by atoms with Crippen molar-refractivity contribution < 1.29 is 4.74 Å². The van der Waals surface area contributed by atoms with Crippen LogP contribution in [0.15, 0.2) is 18.2 Å². The standard InChI is InChI=1S/C12H19NO/c1-8(2)14-12-7-9(3)5-6-11(12)10(4)13/h5-8,10H,13H2,1-4H3/t10-/m0/s1. The number of rotatable bonds is 3. The van der Waals surface area contributed by atoms with Crippen molar-refractivity contribution in [1.82, 2.24) is 0 Å². The minimum Gasteiger partial charge on any atom is -0.491 e. The lowest BCUT2D eigenvalue weighted by Crippen LogP contribution is -2.12. The average Bonchev–Trinajstić information content (AvgIpc) is 2.01. The van der Waals surface area contributed by atoms with Gasteiger partial charge in [0.25, 0.3) is 0 Å². The van der Waals surface area contributed by atoms with Gasteiger partial charge in [-0.15, -0.1) is 0 Å². The summed E-state index contributed by atoms with van der Waals surface area (Å²) < 4.78 is 5.71. The molecule has 0 aromatic heterocycles. The summed E-state index contributed by atoms with van der Waals surface area (Å²) in [5.41, 5.74) is 8.13. The van der Waals surface area contributed by atoms with Crippen molar-refractivity contribution in [2.24, 2.45) is 5.73 Å². The van der Waals surface area contributed by atoms with Gasteiger partial charge in [0.15, 0.2) is 0 Å². The largest absolute Gasteiger partial charge is 0.491 e. The molecule has 0 aliphatic carbocycles. The molecule has 0 saturated carbocycles. The number of hydrogen-bond donors (Lipinski definition) is 1. The highest BCUT2D eigenvalue weighted by molar-refractivity contribution is 5.39. The van der Waals surface area contributed by atoms with Gasteiger partial charge in [0, 0.05) is 11.6 Å². The van der Waals surface area contributed by atoms with Gasteiger partial charge >= 0.3 is 0 Å². The van der Waals surface area contributed by atoms with Gasteiger partial charge in [-0.1, -0.05) is 12.1 Å². The van der Waals surface area contributed by atoms with Gasteiger partial charge in [0.05, 0.1) is 6.10 Å². The summed E-state index contributed by atoms with van der Waals surface area (Å²) in [5.74, 6) is 0.912. The highest BCUT2D eigenvalue weighted by Crippen LogP contribution is 2.25. The molecule has 1 rings (SSSR count). The van der Waals surface area contributed by atoms with Crippen molar-refractivity contribution in [3.8, 4) is 5.75 Å². The van der Waals surface area contributed by atoms with Crippen molar-refractivity contribution in [3.63, 3.8) is 0 Å². The average molecular weight is 193 g/mol. The van der Waals surface area contributed by atoms with Crippen molar-refractivity contribution in [3.05, 3.63) is 29.3 Å². The first-order chi connectivity index (χ1) is 6.50. The third kappa shape index (κ3) is 2.74. The van der Waals surface area contributed by atoms with Crippen molar-refractivity contribution >= 4 is 0 Å². The molecule has 2 nitrogen and oxygen atoms in total. The Bertz CT molecular complexity index is 305. The first-order valence-corrected chi connectivity index (χ1v) is 5.03. The van der Waals surface area contributed by atoms with E-state index < -0.39 is 0 Å². The van der Waals surface area contributed by atoms with Crippen LogP contribution in [0.5, 0.6) is 5.75 Å². The molecule has 0 spiro atoms. The van der Waals surface area contributed by atoms with Crippen molar-refractivity contribution in [2.75, 3.05) is 0 Å². The predicted molar refractivity (Wildman–Crippen MR) is 59.5 cm³/mol. The molecule has 2 heteroatoms. The fourth-order valence-electron chi connectivity index (χ4n) is 1.37. The first kappa shape index (κ1) is 11.1. The molecule has 0 bridgehead atoms. The fourth-order valence-corrected chi connectivity index (χ4v) is 1.37. The van der Waals surface area contributed by atoms with E-state index in [9.17, 15) is 0 Å². The molecule has 0 radical (unpaired) electrons. The molecule has 1 aromatic rings. The molecule has 78 valence electrons. The second-order valence-corrected chi connectivity index (χ2v) is 4.00. The third-order valence-corrected chi connectivity index (χ3v) is 2.02.